The second kappa shape index (κ2) is 9.45. The zero-order valence-electron chi connectivity index (χ0n) is 9.47. The van der Waals surface area contributed by atoms with Crippen LogP contribution in [0.1, 0.15) is 26.7 Å². The Hall–Kier alpha value is -1.10. The van der Waals surface area contributed by atoms with Gasteiger partial charge in [0.05, 0.1) is 0 Å². The lowest BCUT2D eigenvalue weighted by Crippen LogP contribution is -2.28. The topological polar surface area (TPSA) is 67.4 Å². The maximum atomic E-state index is 10.9. The van der Waals surface area contributed by atoms with Crippen molar-refractivity contribution in [1.82, 2.24) is 10.6 Å². The van der Waals surface area contributed by atoms with E-state index in [9.17, 15) is 9.59 Å². The van der Waals surface area contributed by atoms with Crippen molar-refractivity contribution >= 4 is 11.8 Å². The molecule has 0 aliphatic heterocycles. The molecule has 0 heterocycles. The Morgan fingerprint density at radius 1 is 1.13 bits per heavy atom. The minimum Gasteiger partial charge on any atom is -0.372 e. The standard InChI is InChI=1S/C10H20N2O3/c1-3-9(13)12-6-5-7-15-8-10(14)11-4-2/h3-8H2,1-2H3,(H,11,14)(H,12,13). The lowest BCUT2D eigenvalue weighted by atomic mass is 10.4. The first-order chi connectivity index (χ1) is 7.20. The quantitative estimate of drug-likeness (QED) is 0.564. The number of likely N-dealkylation sites (N-methyl/N-ethyl adjacent to an activating group) is 1. The fourth-order valence-corrected chi connectivity index (χ4v) is 0.940. The number of hydrogen-bond donors (Lipinski definition) is 2. The van der Waals surface area contributed by atoms with Gasteiger partial charge in [-0.3, -0.25) is 9.59 Å². The molecule has 0 aromatic carbocycles. The van der Waals surface area contributed by atoms with Crippen LogP contribution in [0.3, 0.4) is 0 Å². The van der Waals surface area contributed by atoms with Crippen LogP contribution in [0.2, 0.25) is 0 Å². The molecule has 2 amide bonds. The highest BCUT2D eigenvalue weighted by atomic mass is 16.5. The molecule has 5 nitrogen and oxygen atoms in total. The van der Waals surface area contributed by atoms with Gasteiger partial charge in [-0.15, -0.1) is 0 Å². The molecule has 0 saturated carbocycles. The van der Waals surface area contributed by atoms with Crippen LogP contribution >= 0.6 is 0 Å². The van der Waals surface area contributed by atoms with Gasteiger partial charge in [-0.25, -0.2) is 0 Å². The largest absolute Gasteiger partial charge is 0.372 e. The first-order valence-electron chi connectivity index (χ1n) is 5.31. The normalized spacial score (nSPS) is 9.73. The minimum absolute atomic E-state index is 0.0405. The number of carbonyl (C=O) groups is 2. The van der Waals surface area contributed by atoms with Crippen LogP contribution in [-0.2, 0) is 14.3 Å². The van der Waals surface area contributed by atoms with Crippen molar-refractivity contribution in [3.63, 3.8) is 0 Å². The van der Waals surface area contributed by atoms with Crippen molar-refractivity contribution in [2.75, 3.05) is 26.3 Å². The van der Waals surface area contributed by atoms with Gasteiger partial charge in [-0.1, -0.05) is 6.92 Å². The van der Waals surface area contributed by atoms with Crippen LogP contribution in [0.25, 0.3) is 0 Å². The molecule has 0 fully saturated rings. The highest BCUT2D eigenvalue weighted by molar-refractivity contribution is 5.77. The average molecular weight is 216 g/mol. The smallest absolute Gasteiger partial charge is 0.245 e. The van der Waals surface area contributed by atoms with Crippen LogP contribution in [0.15, 0.2) is 0 Å². The number of nitrogens with one attached hydrogen (secondary N) is 2. The summed E-state index contributed by atoms with van der Waals surface area (Å²) in [4.78, 5) is 21.7. The van der Waals surface area contributed by atoms with Crippen molar-refractivity contribution in [2.24, 2.45) is 0 Å². The summed E-state index contributed by atoms with van der Waals surface area (Å²) in [7, 11) is 0. The Morgan fingerprint density at radius 3 is 2.47 bits per heavy atom. The van der Waals surface area contributed by atoms with Crippen LogP contribution in [-0.4, -0.2) is 38.1 Å². The molecule has 0 atom stereocenters. The molecule has 0 rings (SSSR count). The number of rotatable bonds is 8. The lowest BCUT2D eigenvalue weighted by molar-refractivity contribution is -0.126. The van der Waals surface area contributed by atoms with Gasteiger partial charge >= 0.3 is 0 Å². The van der Waals surface area contributed by atoms with Crippen molar-refractivity contribution in [1.29, 1.82) is 0 Å². The lowest BCUT2D eigenvalue weighted by Gasteiger charge is -2.05. The van der Waals surface area contributed by atoms with Gasteiger partial charge < -0.3 is 15.4 Å². The van der Waals surface area contributed by atoms with E-state index in [0.29, 0.717) is 26.1 Å². The number of ether oxygens (including phenoxy) is 1. The van der Waals surface area contributed by atoms with Gasteiger partial charge in [0, 0.05) is 26.1 Å². The van der Waals surface area contributed by atoms with E-state index in [2.05, 4.69) is 10.6 Å². The summed E-state index contributed by atoms with van der Waals surface area (Å²) in [6, 6.07) is 0. The Balaban J connectivity index is 3.18. The van der Waals surface area contributed by atoms with Gasteiger partial charge in [-0.2, -0.15) is 0 Å². The van der Waals surface area contributed by atoms with E-state index >= 15 is 0 Å². The maximum Gasteiger partial charge on any atom is 0.245 e. The van der Waals surface area contributed by atoms with E-state index in [1.807, 2.05) is 6.92 Å². The first kappa shape index (κ1) is 13.9. The summed E-state index contributed by atoms with van der Waals surface area (Å²) in [5, 5.41) is 5.36. The molecular weight excluding hydrogens is 196 g/mol. The van der Waals surface area contributed by atoms with Crippen molar-refractivity contribution in [3.8, 4) is 0 Å². The van der Waals surface area contributed by atoms with E-state index in [1.165, 1.54) is 0 Å². The summed E-state index contributed by atoms with van der Waals surface area (Å²) < 4.78 is 5.10. The Morgan fingerprint density at radius 2 is 1.87 bits per heavy atom. The third-order valence-electron chi connectivity index (χ3n) is 1.72. The summed E-state index contributed by atoms with van der Waals surface area (Å²) >= 11 is 0. The van der Waals surface area contributed by atoms with Gasteiger partial charge in [0.15, 0.2) is 0 Å². The summed E-state index contributed by atoms with van der Waals surface area (Å²) in [6.45, 7) is 5.46. The highest BCUT2D eigenvalue weighted by Crippen LogP contribution is 1.82. The molecule has 0 bridgehead atoms. The number of amides is 2. The van der Waals surface area contributed by atoms with Crippen LogP contribution in [0.5, 0.6) is 0 Å². The molecule has 0 radical (unpaired) electrons. The molecule has 0 aliphatic rings. The summed E-state index contributed by atoms with van der Waals surface area (Å²) in [5.41, 5.74) is 0. The van der Waals surface area contributed by atoms with Crippen LogP contribution in [0, 0.1) is 0 Å². The van der Waals surface area contributed by atoms with Gasteiger partial charge in [0.2, 0.25) is 11.8 Å². The van der Waals surface area contributed by atoms with E-state index in [1.54, 1.807) is 6.92 Å². The fraction of sp³-hybridized carbons (Fsp3) is 0.800. The molecule has 0 aromatic heterocycles. The van der Waals surface area contributed by atoms with E-state index < -0.39 is 0 Å². The van der Waals surface area contributed by atoms with Gasteiger partial charge in [-0.05, 0) is 13.3 Å². The summed E-state index contributed by atoms with van der Waals surface area (Å²) in [5.74, 6) is -0.0613. The maximum absolute atomic E-state index is 10.9. The van der Waals surface area contributed by atoms with E-state index in [0.717, 1.165) is 6.42 Å². The fourth-order valence-electron chi connectivity index (χ4n) is 0.940. The number of hydrogen-bond acceptors (Lipinski definition) is 3. The predicted molar refractivity (Wildman–Crippen MR) is 57.4 cm³/mol. The molecule has 88 valence electrons. The van der Waals surface area contributed by atoms with E-state index in [4.69, 9.17) is 4.74 Å². The van der Waals surface area contributed by atoms with E-state index in [-0.39, 0.29) is 18.4 Å². The SMILES string of the molecule is CCNC(=O)COCCCNC(=O)CC. The van der Waals surface area contributed by atoms with Gasteiger partial charge in [0.25, 0.3) is 0 Å². The highest BCUT2D eigenvalue weighted by Gasteiger charge is 1.99. The second-order valence-corrected chi connectivity index (χ2v) is 3.06. The zero-order valence-corrected chi connectivity index (χ0v) is 9.47. The monoisotopic (exact) mass is 216 g/mol. The third-order valence-corrected chi connectivity index (χ3v) is 1.72. The molecule has 0 aromatic rings. The van der Waals surface area contributed by atoms with Crippen molar-refractivity contribution < 1.29 is 14.3 Å². The van der Waals surface area contributed by atoms with Crippen molar-refractivity contribution in [3.05, 3.63) is 0 Å². The Labute approximate surface area is 90.6 Å². The van der Waals surface area contributed by atoms with Gasteiger partial charge in [0.1, 0.15) is 6.61 Å². The zero-order chi connectivity index (χ0) is 11.5. The predicted octanol–water partition coefficient (Wildman–Crippen LogP) is 0.0554. The van der Waals surface area contributed by atoms with Crippen LogP contribution in [0.4, 0.5) is 0 Å². The first-order valence-corrected chi connectivity index (χ1v) is 5.31. The average Bonchev–Trinajstić information content (AvgIpc) is 2.23. The second-order valence-electron chi connectivity index (χ2n) is 3.06. The molecule has 0 unspecified atom stereocenters. The molecule has 0 saturated heterocycles. The Kier molecular flexibility index (Phi) is 8.76. The third kappa shape index (κ3) is 9.21. The molecule has 5 heteroatoms. The Bertz CT molecular complexity index is 195. The number of carbonyl (C=O) groups excluding carboxylic acids is 2. The van der Waals surface area contributed by atoms with Crippen LogP contribution < -0.4 is 10.6 Å². The molecule has 0 spiro atoms. The molecule has 0 aliphatic carbocycles. The molecule has 2 N–H and O–H groups in total. The van der Waals surface area contributed by atoms with Crippen molar-refractivity contribution in [2.45, 2.75) is 26.7 Å². The molecule has 15 heavy (non-hydrogen) atoms. The molecular formula is C10H20N2O3. The minimum atomic E-state index is -0.102. The summed E-state index contributed by atoms with van der Waals surface area (Å²) in [6.07, 6.45) is 1.23.